The Bertz CT molecular complexity index is 252. The molecule has 1 atom stereocenters. The molecule has 60 valence electrons. The zero-order valence-electron chi connectivity index (χ0n) is 6.57. The highest BCUT2D eigenvalue weighted by Gasteiger charge is 2.31. The van der Waals surface area contributed by atoms with E-state index in [0.29, 0.717) is 5.92 Å². The smallest absolute Gasteiger partial charge is 0.0848 e. The molecule has 1 aromatic heterocycles. The molecule has 1 fully saturated rings. The van der Waals surface area contributed by atoms with Gasteiger partial charge in [0.25, 0.3) is 0 Å². The predicted octanol–water partition coefficient (Wildman–Crippen LogP) is 0.863. The summed E-state index contributed by atoms with van der Waals surface area (Å²) in [7, 11) is 1.86. The Morgan fingerprint density at radius 2 is 2.45 bits per heavy atom. The molecule has 1 aliphatic carbocycles. The van der Waals surface area contributed by atoms with Gasteiger partial charge in [-0.2, -0.15) is 5.10 Å². The van der Waals surface area contributed by atoms with Gasteiger partial charge in [0, 0.05) is 18.8 Å². The highest BCUT2D eigenvalue weighted by Crippen LogP contribution is 2.40. The SMILES string of the molecule is Cn1cc(C(O)C2CC2)cn1. The number of rotatable bonds is 2. The third-order valence-corrected chi connectivity index (χ3v) is 2.13. The zero-order chi connectivity index (χ0) is 7.84. The molecule has 0 spiro atoms. The first-order valence-corrected chi connectivity index (χ1v) is 3.94. The summed E-state index contributed by atoms with van der Waals surface area (Å²) in [5.74, 6) is 0.499. The van der Waals surface area contributed by atoms with Crippen LogP contribution in [0.3, 0.4) is 0 Å². The highest BCUT2D eigenvalue weighted by atomic mass is 16.3. The van der Waals surface area contributed by atoms with Crippen molar-refractivity contribution in [3.05, 3.63) is 18.0 Å². The minimum absolute atomic E-state index is 0.274. The summed E-state index contributed by atoms with van der Waals surface area (Å²) < 4.78 is 1.72. The van der Waals surface area contributed by atoms with E-state index >= 15 is 0 Å². The van der Waals surface area contributed by atoms with Gasteiger partial charge in [0.1, 0.15) is 0 Å². The highest BCUT2D eigenvalue weighted by molar-refractivity contribution is 5.10. The van der Waals surface area contributed by atoms with E-state index in [1.807, 2.05) is 13.2 Å². The Hall–Kier alpha value is -0.830. The van der Waals surface area contributed by atoms with Crippen molar-refractivity contribution >= 4 is 0 Å². The van der Waals surface area contributed by atoms with Crippen molar-refractivity contribution in [1.82, 2.24) is 9.78 Å². The molecule has 0 aromatic carbocycles. The largest absolute Gasteiger partial charge is 0.388 e. The van der Waals surface area contributed by atoms with Gasteiger partial charge < -0.3 is 5.11 Å². The Kier molecular flexibility index (Phi) is 1.46. The van der Waals surface area contributed by atoms with E-state index in [2.05, 4.69) is 5.10 Å². The van der Waals surface area contributed by atoms with Crippen molar-refractivity contribution in [2.24, 2.45) is 13.0 Å². The molecule has 0 saturated heterocycles. The van der Waals surface area contributed by atoms with Crippen LogP contribution < -0.4 is 0 Å². The van der Waals surface area contributed by atoms with Crippen LogP contribution in [0.1, 0.15) is 24.5 Å². The third kappa shape index (κ3) is 1.28. The Balaban J connectivity index is 2.14. The van der Waals surface area contributed by atoms with Gasteiger partial charge in [-0.1, -0.05) is 0 Å². The van der Waals surface area contributed by atoms with Crippen LogP contribution in [-0.4, -0.2) is 14.9 Å². The van der Waals surface area contributed by atoms with Crippen molar-refractivity contribution in [3.63, 3.8) is 0 Å². The second-order valence-electron chi connectivity index (χ2n) is 3.23. The summed E-state index contributed by atoms with van der Waals surface area (Å²) >= 11 is 0. The minimum Gasteiger partial charge on any atom is -0.388 e. The van der Waals surface area contributed by atoms with E-state index in [-0.39, 0.29) is 6.10 Å². The molecule has 3 nitrogen and oxygen atoms in total. The summed E-state index contributed by atoms with van der Waals surface area (Å²) in [5, 5.41) is 13.6. The molecule has 0 amide bonds. The van der Waals surface area contributed by atoms with Crippen molar-refractivity contribution in [2.45, 2.75) is 18.9 Å². The average molecular weight is 152 g/mol. The molecule has 3 heteroatoms. The molecule has 0 aliphatic heterocycles. The van der Waals surface area contributed by atoms with E-state index in [9.17, 15) is 5.11 Å². The molecule has 1 aromatic rings. The van der Waals surface area contributed by atoms with Crippen LogP contribution in [0.4, 0.5) is 0 Å². The van der Waals surface area contributed by atoms with Gasteiger partial charge in [-0.15, -0.1) is 0 Å². The summed E-state index contributed by atoms with van der Waals surface area (Å²) in [6.07, 6.45) is 5.67. The van der Waals surface area contributed by atoms with E-state index in [1.54, 1.807) is 10.9 Å². The molecule has 1 unspecified atom stereocenters. The van der Waals surface area contributed by atoms with Gasteiger partial charge in [-0.05, 0) is 18.8 Å². The zero-order valence-corrected chi connectivity index (χ0v) is 6.57. The molecule has 11 heavy (non-hydrogen) atoms. The van der Waals surface area contributed by atoms with E-state index in [0.717, 1.165) is 18.4 Å². The normalized spacial score (nSPS) is 20.2. The number of nitrogens with zero attached hydrogens (tertiary/aromatic N) is 2. The fraction of sp³-hybridized carbons (Fsp3) is 0.625. The van der Waals surface area contributed by atoms with Gasteiger partial charge in [-0.3, -0.25) is 4.68 Å². The first-order valence-electron chi connectivity index (χ1n) is 3.94. The predicted molar refractivity (Wildman–Crippen MR) is 40.9 cm³/mol. The molecule has 2 rings (SSSR count). The minimum atomic E-state index is -0.274. The van der Waals surface area contributed by atoms with Crippen molar-refractivity contribution in [3.8, 4) is 0 Å². The van der Waals surface area contributed by atoms with Crippen LogP contribution in [0.25, 0.3) is 0 Å². The monoisotopic (exact) mass is 152 g/mol. The molecule has 0 radical (unpaired) electrons. The number of hydrogen-bond donors (Lipinski definition) is 1. The molecule has 1 aliphatic rings. The topological polar surface area (TPSA) is 38.0 Å². The van der Waals surface area contributed by atoms with Crippen LogP contribution >= 0.6 is 0 Å². The van der Waals surface area contributed by atoms with E-state index in [1.165, 1.54) is 0 Å². The van der Waals surface area contributed by atoms with Crippen LogP contribution in [0.15, 0.2) is 12.4 Å². The average Bonchev–Trinajstić information content (AvgIpc) is 2.74. The standard InChI is InChI=1S/C8H12N2O/c1-10-5-7(4-9-10)8(11)6-2-3-6/h4-6,8,11H,2-3H2,1H3. The lowest BCUT2D eigenvalue weighted by Gasteiger charge is -2.03. The molecule has 1 saturated carbocycles. The lowest BCUT2D eigenvalue weighted by molar-refractivity contribution is 0.154. The van der Waals surface area contributed by atoms with Crippen LogP contribution in [0.2, 0.25) is 0 Å². The Labute approximate surface area is 65.7 Å². The Morgan fingerprint density at radius 3 is 2.91 bits per heavy atom. The van der Waals surface area contributed by atoms with Gasteiger partial charge >= 0.3 is 0 Å². The van der Waals surface area contributed by atoms with Crippen molar-refractivity contribution < 1.29 is 5.11 Å². The molecule has 1 heterocycles. The van der Waals surface area contributed by atoms with Gasteiger partial charge in [-0.25, -0.2) is 0 Å². The lowest BCUT2D eigenvalue weighted by Crippen LogP contribution is -1.97. The van der Waals surface area contributed by atoms with Crippen LogP contribution in [0, 0.1) is 5.92 Å². The summed E-state index contributed by atoms with van der Waals surface area (Å²) in [6, 6.07) is 0. The number of aliphatic hydroxyl groups is 1. The fourth-order valence-corrected chi connectivity index (χ4v) is 1.28. The lowest BCUT2D eigenvalue weighted by atomic mass is 10.1. The van der Waals surface area contributed by atoms with E-state index in [4.69, 9.17) is 0 Å². The molecule has 1 N–H and O–H groups in total. The maximum Gasteiger partial charge on any atom is 0.0848 e. The summed E-state index contributed by atoms with van der Waals surface area (Å²) in [6.45, 7) is 0. The first kappa shape index (κ1) is 6.85. The quantitative estimate of drug-likeness (QED) is 0.682. The van der Waals surface area contributed by atoms with Gasteiger partial charge in [0.2, 0.25) is 0 Å². The van der Waals surface area contributed by atoms with Crippen LogP contribution in [0.5, 0.6) is 0 Å². The second-order valence-corrected chi connectivity index (χ2v) is 3.23. The first-order chi connectivity index (χ1) is 5.27. The number of aliphatic hydroxyl groups excluding tert-OH is 1. The summed E-state index contributed by atoms with van der Waals surface area (Å²) in [4.78, 5) is 0. The fourth-order valence-electron chi connectivity index (χ4n) is 1.28. The number of aryl methyl sites for hydroxylation is 1. The molecular formula is C8H12N2O. The summed E-state index contributed by atoms with van der Waals surface area (Å²) in [5.41, 5.74) is 0.954. The maximum absolute atomic E-state index is 9.62. The van der Waals surface area contributed by atoms with Gasteiger partial charge in [0.15, 0.2) is 0 Å². The number of hydrogen-bond acceptors (Lipinski definition) is 2. The van der Waals surface area contributed by atoms with Crippen LogP contribution in [-0.2, 0) is 7.05 Å². The van der Waals surface area contributed by atoms with E-state index < -0.39 is 0 Å². The maximum atomic E-state index is 9.62. The third-order valence-electron chi connectivity index (χ3n) is 2.13. The second kappa shape index (κ2) is 2.34. The van der Waals surface area contributed by atoms with Crippen molar-refractivity contribution in [2.75, 3.05) is 0 Å². The molecular weight excluding hydrogens is 140 g/mol. The van der Waals surface area contributed by atoms with Gasteiger partial charge in [0.05, 0.1) is 12.3 Å². The van der Waals surface area contributed by atoms with Crippen molar-refractivity contribution in [1.29, 1.82) is 0 Å². The molecule has 0 bridgehead atoms. The Morgan fingerprint density at radius 1 is 1.73 bits per heavy atom. The number of aromatic nitrogens is 2.